The first-order valence-corrected chi connectivity index (χ1v) is 10.8. The van der Waals surface area contributed by atoms with E-state index in [0.29, 0.717) is 17.8 Å². The standard InChI is InChI=1S/C26H22BrNO3/c1-18-7-9-20(10-8-18)17-28-24-14-12-21(27)15-23(24)26(31,25(28)30)16-22(29)13-11-19-5-3-2-4-6-19/h2-15,31H,16-17H2,1H3/b13-11+/t26-/m0/s1. The number of carbonyl (C=O) groups is 2. The van der Waals surface area contributed by atoms with E-state index in [1.807, 2.05) is 67.6 Å². The Kier molecular flexibility index (Phi) is 5.90. The summed E-state index contributed by atoms with van der Waals surface area (Å²) in [5.41, 5.74) is 2.13. The molecule has 5 heteroatoms. The first kappa shape index (κ1) is 21.2. The van der Waals surface area contributed by atoms with Gasteiger partial charge in [0.25, 0.3) is 5.91 Å². The van der Waals surface area contributed by atoms with Crippen molar-refractivity contribution in [2.75, 3.05) is 4.90 Å². The molecule has 31 heavy (non-hydrogen) atoms. The molecule has 1 aliphatic heterocycles. The summed E-state index contributed by atoms with van der Waals surface area (Å²) in [7, 11) is 0. The van der Waals surface area contributed by atoms with Crippen LogP contribution in [0.2, 0.25) is 0 Å². The summed E-state index contributed by atoms with van der Waals surface area (Å²) in [6, 6.07) is 22.7. The summed E-state index contributed by atoms with van der Waals surface area (Å²) in [5, 5.41) is 11.4. The Bertz CT molecular complexity index is 1160. The molecule has 0 saturated heterocycles. The molecule has 0 unspecified atom stereocenters. The van der Waals surface area contributed by atoms with E-state index in [-0.39, 0.29) is 12.2 Å². The number of ketones is 1. The molecule has 0 saturated carbocycles. The van der Waals surface area contributed by atoms with Gasteiger partial charge in [-0.05, 0) is 42.3 Å². The minimum atomic E-state index is -1.90. The van der Waals surface area contributed by atoms with Crippen molar-refractivity contribution >= 4 is 39.4 Å². The molecule has 4 nitrogen and oxygen atoms in total. The Morgan fingerprint density at radius 1 is 1.06 bits per heavy atom. The molecule has 156 valence electrons. The van der Waals surface area contributed by atoms with Crippen LogP contribution in [0.15, 0.2) is 83.3 Å². The van der Waals surface area contributed by atoms with Crippen LogP contribution >= 0.6 is 15.9 Å². The lowest BCUT2D eigenvalue weighted by Gasteiger charge is -2.22. The van der Waals surface area contributed by atoms with E-state index in [0.717, 1.165) is 21.2 Å². The monoisotopic (exact) mass is 475 g/mol. The number of halogens is 1. The molecule has 1 atom stereocenters. The summed E-state index contributed by atoms with van der Waals surface area (Å²) in [5.74, 6) is -0.801. The van der Waals surface area contributed by atoms with Gasteiger partial charge >= 0.3 is 0 Å². The van der Waals surface area contributed by atoms with Gasteiger partial charge < -0.3 is 10.0 Å². The Morgan fingerprint density at radius 2 is 1.77 bits per heavy atom. The Morgan fingerprint density at radius 3 is 2.48 bits per heavy atom. The Balaban J connectivity index is 1.63. The average Bonchev–Trinajstić information content (AvgIpc) is 2.96. The molecule has 0 aliphatic carbocycles. The third-order valence-corrected chi connectivity index (χ3v) is 5.94. The largest absolute Gasteiger partial charge is 0.375 e. The summed E-state index contributed by atoms with van der Waals surface area (Å²) in [4.78, 5) is 27.6. The van der Waals surface area contributed by atoms with Crippen LogP contribution in [0.5, 0.6) is 0 Å². The summed E-state index contributed by atoms with van der Waals surface area (Å²) in [6.07, 6.45) is 2.79. The van der Waals surface area contributed by atoms with Gasteiger partial charge in [0.05, 0.1) is 18.7 Å². The van der Waals surface area contributed by atoms with Crippen LogP contribution in [-0.2, 0) is 21.7 Å². The Labute approximate surface area is 190 Å². The minimum absolute atomic E-state index is 0.316. The van der Waals surface area contributed by atoms with E-state index in [2.05, 4.69) is 15.9 Å². The average molecular weight is 476 g/mol. The minimum Gasteiger partial charge on any atom is -0.375 e. The van der Waals surface area contributed by atoms with Gasteiger partial charge in [-0.3, -0.25) is 9.59 Å². The van der Waals surface area contributed by atoms with Gasteiger partial charge in [0.15, 0.2) is 11.4 Å². The van der Waals surface area contributed by atoms with Gasteiger partial charge in [-0.15, -0.1) is 0 Å². The van der Waals surface area contributed by atoms with E-state index < -0.39 is 11.5 Å². The van der Waals surface area contributed by atoms with Gasteiger partial charge in [-0.1, -0.05) is 82.2 Å². The number of hydrogen-bond donors (Lipinski definition) is 1. The topological polar surface area (TPSA) is 57.6 Å². The number of benzene rings is 3. The van der Waals surface area contributed by atoms with Gasteiger partial charge in [0.1, 0.15) is 0 Å². The van der Waals surface area contributed by atoms with Crippen molar-refractivity contribution in [1.29, 1.82) is 0 Å². The van der Waals surface area contributed by atoms with Crippen molar-refractivity contribution in [3.63, 3.8) is 0 Å². The van der Waals surface area contributed by atoms with Crippen LogP contribution in [0.25, 0.3) is 6.08 Å². The number of aryl methyl sites for hydroxylation is 1. The predicted octanol–water partition coefficient (Wildman–Crippen LogP) is 5.16. The van der Waals surface area contributed by atoms with Gasteiger partial charge in [-0.25, -0.2) is 0 Å². The highest BCUT2D eigenvalue weighted by atomic mass is 79.9. The molecule has 0 bridgehead atoms. The lowest BCUT2D eigenvalue weighted by Crippen LogP contribution is -2.41. The number of hydrogen-bond acceptors (Lipinski definition) is 3. The first-order valence-electron chi connectivity index (χ1n) is 10.0. The van der Waals surface area contributed by atoms with Gasteiger partial charge in [-0.2, -0.15) is 0 Å². The number of aliphatic hydroxyl groups is 1. The number of allylic oxidation sites excluding steroid dienone is 1. The smallest absolute Gasteiger partial charge is 0.264 e. The van der Waals surface area contributed by atoms with Gasteiger partial charge in [0.2, 0.25) is 0 Å². The summed E-state index contributed by atoms with van der Waals surface area (Å²) >= 11 is 3.42. The molecular weight excluding hydrogens is 454 g/mol. The fourth-order valence-corrected chi connectivity index (χ4v) is 4.15. The second-order valence-electron chi connectivity index (χ2n) is 7.79. The zero-order valence-electron chi connectivity index (χ0n) is 17.1. The molecule has 1 N–H and O–H groups in total. The molecule has 0 spiro atoms. The number of rotatable bonds is 6. The maximum Gasteiger partial charge on any atom is 0.264 e. The number of fused-ring (bicyclic) bond motifs is 1. The zero-order chi connectivity index (χ0) is 22.0. The fraction of sp³-hybridized carbons (Fsp3) is 0.154. The molecule has 0 fully saturated rings. The van der Waals surface area contributed by atoms with E-state index in [9.17, 15) is 14.7 Å². The molecule has 1 heterocycles. The molecule has 1 aliphatic rings. The third-order valence-electron chi connectivity index (χ3n) is 5.45. The number of carbonyl (C=O) groups excluding carboxylic acids is 2. The fourth-order valence-electron chi connectivity index (χ4n) is 3.79. The second kappa shape index (κ2) is 8.61. The van der Waals surface area contributed by atoms with Gasteiger partial charge in [0, 0.05) is 10.0 Å². The predicted molar refractivity (Wildman–Crippen MR) is 126 cm³/mol. The molecular formula is C26H22BrNO3. The molecule has 3 aromatic rings. The van der Waals surface area contributed by atoms with Crippen LogP contribution in [0.4, 0.5) is 5.69 Å². The molecule has 0 radical (unpaired) electrons. The number of anilines is 1. The first-order chi connectivity index (χ1) is 14.9. The van der Waals surface area contributed by atoms with E-state index in [1.165, 1.54) is 6.08 Å². The normalized spacial score (nSPS) is 17.9. The van der Waals surface area contributed by atoms with E-state index in [4.69, 9.17) is 0 Å². The van der Waals surface area contributed by atoms with Crippen molar-refractivity contribution in [3.8, 4) is 0 Å². The van der Waals surface area contributed by atoms with Crippen molar-refractivity contribution in [3.05, 3.63) is 106 Å². The number of amides is 1. The third kappa shape index (κ3) is 4.38. The van der Waals surface area contributed by atoms with Crippen molar-refractivity contribution in [2.45, 2.75) is 25.5 Å². The highest BCUT2D eigenvalue weighted by molar-refractivity contribution is 9.10. The second-order valence-corrected chi connectivity index (χ2v) is 8.70. The van der Waals surface area contributed by atoms with Crippen molar-refractivity contribution in [1.82, 2.24) is 0 Å². The quantitative estimate of drug-likeness (QED) is 0.500. The lowest BCUT2D eigenvalue weighted by atomic mass is 9.89. The van der Waals surface area contributed by atoms with E-state index in [1.54, 1.807) is 23.1 Å². The summed E-state index contributed by atoms with van der Waals surface area (Å²) in [6.45, 7) is 2.33. The molecule has 4 rings (SSSR count). The maximum absolute atomic E-state index is 13.4. The van der Waals surface area contributed by atoms with Crippen LogP contribution in [0.3, 0.4) is 0 Å². The Hall–Kier alpha value is -3.02. The number of nitrogens with zero attached hydrogens (tertiary/aromatic N) is 1. The van der Waals surface area contributed by atoms with Crippen LogP contribution in [-0.4, -0.2) is 16.8 Å². The zero-order valence-corrected chi connectivity index (χ0v) is 18.7. The van der Waals surface area contributed by atoms with Crippen molar-refractivity contribution < 1.29 is 14.7 Å². The lowest BCUT2D eigenvalue weighted by molar-refractivity contribution is -0.140. The van der Waals surface area contributed by atoms with Crippen LogP contribution in [0, 0.1) is 6.92 Å². The SMILES string of the molecule is Cc1ccc(CN2C(=O)[C@](O)(CC(=O)/C=C/c3ccccc3)c3cc(Br)ccc32)cc1. The molecule has 3 aromatic carbocycles. The van der Waals surface area contributed by atoms with Crippen molar-refractivity contribution in [2.24, 2.45) is 0 Å². The highest BCUT2D eigenvalue weighted by Crippen LogP contribution is 2.44. The van der Waals surface area contributed by atoms with Crippen LogP contribution < -0.4 is 4.90 Å². The highest BCUT2D eigenvalue weighted by Gasteiger charge is 2.50. The maximum atomic E-state index is 13.4. The van der Waals surface area contributed by atoms with Crippen LogP contribution in [0.1, 0.15) is 28.7 Å². The molecule has 0 aromatic heterocycles. The molecule has 1 amide bonds. The van der Waals surface area contributed by atoms with E-state index >= 15 is 0 Å². The summed E-state index contributed by atoms with van der Waals surface area (Å²) < 4.78 is 0.738.